The molecule has 2 rings (SSSR count). The van der Waals surface area contributed by atoms with E-state index in [0.29, 0.717) is 0 Å². The lowest BCUT2D eigenvalue weighted by Gasteiger charge is -2.21. The summed E-state index contributed by atoms with van der Waals surface area (Å²) in [4.78, 5) is 0. The van der Waals surface area contributed by atoms with Crippen molar-refractivity contribution in [3.8, 4) is 0 Å². The third-order valence-electron chi connectivity index (χ3n) is 6.41. The monoisotopic (exact) mass is 393 g/mol. The maximum Gasteiger partial charge on any atom is 0.0416 e. The smallest absolute Gasteiger partial charge is 0.0416 e. The van der Waals surface area contributed by atoms with Gasteiger partial charge in [-0.2, -0.15) is 0 Å². The SMILES string of the molecule is CCCCC(CC)Cc1ccccc1Nc1ccccc1CC(CC)CCCC. The van der Waals surface area contributed by atoms with E-state index in [1.165, 1.54) is 86.7 Å². The Morgan fingerprint density at radius 2 is 1.03 bits per heavy atom. The summed E-state index contributed by atoms with van der Waals surface area (Å²) in [5.74, 6) is 1.57. The summed E-state index contributed by atoms with van der Waals surface area (Å²) < 4.78 is 0. The number of nitrogens with one attached hydrogen (secondary N) is 1. The van der Waals surface area contributed by atoms with Crippen LogP contribution in [0.25, 0.3) is 0 Å². The molecule has 0 heterocycles. The van der Waals surface area contributed by atoms with Gasteiger partial charge < -0.3 is 5.32 Å². The second kappa shape index (κ2) is 13.5. The Kier molecular flexibility index (Phi) is 10.9. The molecule has 160 valence electrons. The highest BCUT2D eigenvalue weighted by molar-refractivity contribution is 5.66. The van der Waals surface area contributed by atoms with E-state index in [1.54, 1.807) is 0 Å². The van der Waals surface area contributed by atoms with Crippen LogP contribution in [0.1, 0.15) is 90.2 Å². The van der Waals surface area contributed by atoms with Crippen molar-refractivity contribution in [2.24, 2.45) is 11.8 Å². The second-order valence-electron chi connectivity index (χ2n) is 8.68. The van der Waals surface area contributed by atoms with E-state index in [-0.39, 0.29) is 0 Å². The van der Waals surface area contributed by atoms with E-state index < -0.39 is 0 Å². The topological polar surface area (TPSA) is 12.0 Å². The highest BCUT2D eigenvalue weighted by Crippen LogP contribution is 2.30. The molecule has 1 heteroatoms. The largest absolute Gasteiger partial charge is 0.355 e. The van der Waals surface area contributed by atoms with Gasteiger partial charge in [0.15, 0.2) is 0 Å². The summed E-state index contributed by atoms with van der Waals surface area (Å²) in [5, 5.41) is 3.81. The van der Waals surface area contributed by atoms with E-state index in [4.69, 9.17) is 0 Å². The van der Waals surface area contributed by atoms with Gasteiger partial charge in [0.25, 0.3) is 0 Å². The summed E-state index contributed by atoms with van der Waals surface area (Å²) >= 11 is 0. The molecule has 0 bridgehead atoms. The van der Waals surface area contributed by atoms with Crippen LogP contribution in [0.4, 0.5) is 11.4 Å². The van der Waals surface area contributed by atoms with Gasteiger partial charge in [0.2, 0.25) is 0 Å². The number of rotatable bonds is 14. The average Bonchev–Trinajstić information content (AvgIpc) is 2.76. The number of benzene rings is 2. The van der Waals surface area contributed by atoms with Gasteiger partial charge in [-0.25, -0.2) is 0 Å². The van der Waals surface area contributed by atoms with Crippen molar-refractivity contribution in [1.29, 1.82) is 0 Å². The fourth-order valence-corrected chi connectivity index (χ4v) is 4.29. The fourth-order valence-electron chi connectivity index (χ4n) is 4.29. The molecular weight excluding hydrogens is 350 g/mol. The second-order valence-corrected chi connectivity index (χ2v) is 8.68. The van der Waals surface area contributed by atoms with Crippen LogP contribution in [0.3, 0.4) is 0 Å². The molecule has 29 heavy (non-hydrogen) atoms. The van der Waals surface area contributed by atoms with Gasteiger partial charge in [-0.3, -0.25) is 0 Å². The number of hydrogen-bond acceptors (Lipinski definition) is 1. The molecular formula is C28H43N. The van der Waals surface area contributed by atoms with Gasteiger partial charge in [-0.15, -0.1) is 0 Å². The molecule has 2 aromatic rings. The highest BCUT2D eigenvalue weighted by Gasteiger charge is 2.13. The zero-order valence-electron chi connectivity index (χ0n) is 19.3. The Balaban J connectivity index is 2.16. The van der Waals surface area contributed by atoms with Crippen molar-refractivity contribution in [1.82, 2.24) is 0 Å². The highest BCUT2D eigenvalue weighted by atomic mass is 14.9. The molecule has 0 aliphatic rings. The van der Waals surface area contributed by atoms with Gasteiger partial charge in [-0.1, -0.05) is 115 Å². The van der Waals surface area contributed by atoms with E-state index >= 15 is 0 Å². The van der Waals surface area contributed by atoms with E-state index in [2.05, 4.69) is 81.5 Å². The van der Waals surface area contributed by atoms with Gasteiger partial charge in [0, 0.05) is 11.4 Å². The summed E-state index contributed by atoms with van der Waals surface area (Å²) in [6, 6.07) is 17.9. The lowest BCUT2D eigenvalue weighted by atomic mass is 9.90. The van der Waals surface area contributed by atoms with E-state index in [1.807, 2.05) is 0 Å². The number of anilines is 2. The van der Waals surface area contributed by atoms with Gasteiger partial charge in [0.1, 0.15) is 0 Å². The number of para-hydroxylation sites is 2. The Bertz CT molecular complexity index is 631. The Labute approximate surface area is 180 Å². The zero-order chi connectivity index (χ0) is 20.9. The van der Waals surface area contributed by atoms with Crippen molar-refractivity contribution in [3.63, 3.8) is 0 Å². The van der Waals surface area contributed by atoms with Crippen LogP contribution in [0.5, 0.6) is 0 Å². The lowest BCUT2D eigenvalue weighted by Crippen LogP contribution is -2.08. The minimum atomic E-state index is 0.784. The first-order valence-electron chi connectivity index (χ1n) is 12.1. The molecule has 0 saturated heterocycles. The predicted molar refractivity (Wildman–Crippen MR) is 130 cm³/mol. The molecule has 2 atom stereocenters. The van der Waals surface area contributed by atoms with Crippen molar-refractivity contribution in [2.75, 3.05) is 5.32 Å². The summed E-state index contributed by atoms with van der Waals surface area (Å²) in [7, 11) is 0. The maximum absolute atomic E-state index is 3.81. The first-order valence-corrected chi connectivity index (χ1v) is 12.1. The standard InChI is InChI=1S/C28H43N/c1-5-9-15-23(7-3)21-25-17-11-13-19-27(25)29-28-20-14-12-18-26(28)22-24(8-4)16-10-6-2/h11-14,17-20,23-24,29H,5-10,15-16,21-22H2,1-4H3. The molecule has 0 spiro atoms. The average molecular weight is 394 g/mol. The van der Waals surface area contributed by atoms with Crippen molar-refractivity contribution >= 4 is 11.4 Å². The fraction of sp³-hybridized carbons (Fsp3) is 0.571. The quantitative estimate of drug-likeness (QED) is 0.338. The molecule has 2 unspecified atom stereocenters. The van der Waals surface area contributed by atoms with Gasteiger partial charge >= 0.3 is 0 Å². The first kappa shape index (κ1) is 23.5. The Morgan fingerprint density at radius 1 is 0.621 bits per heavy atom. The first-order chi connectivity index (χ1) is 14.2. The number of unbranched alkanes of at least 4 members (excludes halogenated alkanes) is 2. The molecule has 2 aromatic carbocycles. The zero-order valence-corrected chi connectivity index (χ0v) is 19.3. The van der Waals surface area contributed by atoms with Crippen molar-refractivity contribution in [2.45, 2.75) is 91.9 Å². The molecule has 0 fully saturated rings. The Morgan fingerprint density at radius 3 is 1.41 bits per heavy atom. The molecule has 1 nitrogen and oxygen atoms in total. The van der Waals surface area contributed by atoms with Crippen LogP contribution in [-0.2, 0) is 12.8 Å². The molecule has 1 N–H and O–H groups in total. The third kappa shape index (κ3) is 7.88. The molecule has 0 amide bonds. The van der Waals surface area contributed by atoms with Gasteiger partial charge in [0.05, 0.1) is 0 Å². The molecule has 0 saturated carbocycles. The predicted octanol–water partition coefficient (Wildman–Crippen LogP) is 8.95. The molecule has 0 aromatic heterocycles. The maximum atomic E-state index is 3.81. The lowest BCUT2D eigenvalue weighted by molar-refractivity contribution is 0.449. The van der Waals surface area contributed by atoms with E-state index in [9.17, 15) is 0 Å². The summed E-state index contributed by atoms with van der Waals surface area (Å²) in [6.45, 7) is 9.27. The Hall–Kier alpha value is -1.76. The molecule has 0 radical (unpaired) electrons. The van der Waals surface area contributed by atoms with Gasteiger partial charge in [-0.05, 0) is 47.9 Å². The van der Waals surface area contributed by atoms with Crippen LogP contribution < -0.4 is 5.32 Å². The third-order valence-corrected chi connectivity index (χ3v) is 6.41. The normalized spacial score (nSPS) is 13.2. The van der Waals surface area contributed by atoms with Crippen molar-refractivity contribution in [3.05, 3.63) is 59.7 Å². The van der Waals surface area contributed by atoms with Crippen molar-refractivity contribution < 1.29 is 0 Å². The van der Waals surface area contributed by atoms with E-state index in [0.717, 1.165) is 11.8 Å². The summed E-state index contributed by atoms with van der Waals surface area (Å²) in [6.07, 6.45) is 12.8. The van der Waals surface area contributed by atoms with Crippen LogP contribution in [0.15, 0.2) is 48.5 Å². The number of hydrogen-bond donors (Lipinski definition) is 1. The molecule has 0 aliphatic carbocycles. The van der Waals surface area contributed by atoms with Crippen LogP contribution >= 0.6 is 0 Å². The minimum Gasteiger partial charge on any atom is -0.355 e. The van der Waals surface area contributed by atoms with Crippen LogP contribution in [0.2, 0.25) is 0 Å². The van der Waals surface area contributed by atoms with Crippen LogP contribution in [0, 0.1) is 11.8 Å². The summed E-state index contributed by atoms with van der Waals surface area (Å²) in [5.41, 5.74) is 5.50. The minimum absolute atomic E-state index is 0.784. The van der Waals surface area contributed by atoms with Crippen LogP contribution in [-0.4, -0.2) is 0 Å². The molecule has 0 aliphatic heterocycles.